The minimum Gasteiger partial charge on any atom is -0.384 e. The van der Waals surface area contributed by atoms with Crippen LogP contribution in [0.3, 0.4) is 0 Å². The Labute approximate surface area is 73.3 Å². The van der Waals surface area contributed by atoms with Gasteiger partial charge in [0, 0.05) is 6.20 Å². The molecule has 0 saturated carbocycles. The molecule has 0 fully saturated rings. The molecule has 1 aromatic rings. The topological polar surface area (TPSA) is 33.1 Å². The molecule has 0 bridgehead atoms. The van der Waals surface area contributed by atoms with Crippen LogP contribution in [0.25, 0.3) is 0 Å². The molecule has 1 aromatic heterocycles. The maximum absolute atomic E-state index is 10.0. The first-order valence-corrected chi connectivity index (χ1v) is 4.19. The van der Waals surface area contributed by atoms with Crippen molar-refractivity contribution in [3.05, 3.63) is 30.1 Å². The maximum Gasteiger partial charge on any atom is 0.106 e. The van der Waals surface area contributed by atoms with E-state index in [1.807, 2.05) is 32.0 Å². The van der Waals surface area contributed by atoms with Crippen molar-refractivity contribution in [3.8, 4) is 0 Å². The van der Waals surface area contributed by atoms with Gasteiger partial charge >= 0.3 is 0 Å². The summed E-state index contributed by atoms with van der Waals surface area (Å²) in [5.74, 6) is 0.174. The Morgan fingerprint density at radius 2 is 2.08 bits per heavy atom. The van der Waals surface area contributed by atoms with E-state index in [1.165, 1.54) is 0 Å². The van der Waals surface area contributed by atoms with Crippen LogP contribution in [0.5, 0.6) is 0 Å². The van der Waals surface area contributed by atoms with Gasteiger partial charge in [0.25, 0.3) is 0 Å². The molecule has 1 N–H and O–H groups in total. The molecule has 66 valence electrons. The van der Waals surface area contributed by atoms with E-state index in [2.05, 4.69) is 4.98 Å². The number of hydrogen-bond acceptors (Lipinski definition) is 2. The molecular formula is C10H15NO. The van der Waals surface area contributed by atoms with E-state index in [9.17, 15) is 5.11 Å². The van der Waals surface area contributed by atoms with Crippen molar-refractivity contribution in [2.75, 3.05) is 0 Å². The molecule has 0 amide bonds. The molecule has 0 aliphatic carbocycles. The smallest absolute Gasteiger partial charge is 0.106 e. The molecule has 2 nitrogen and oxygen atoms in total. The number of hydrogen-bond donors (Lipinski definition) is 1. The summed E-state index contributed by atoms with van der Waals surface area (Å²) in [5.41, 5.74) is -0.0821. The number of aliphatic hydroxyl groups is 1. The molecule has 0 aliphatic heterocycles. The third-order valence-corrected chi connectivity index (χ3v) is 2.31. The van der Waals surface area contributed by atoms with Gasteiger partial charge in [-0.05, 0) is 25.0 Å². The molecule has 0 radical (unpaired) electrons. The highest BCUT2D eigenvalue weighted by Crippen LogP contribution is 2.26. The molecule has 12 heavy (non-hydrogen) atoms. The van der Waals surface area contributed by atoms with Gasteiger partial charge in [-0.1, -0.05) is 19.9 Å². The SMILES string of the molecule is CC(C)[C@@](C)(O)c1ccccn1. The molecule has 0 saturated heterocycles. The second-order valence-corrected chi connectivity index (χ2v) is 3.52. The summed E-state index contributed by atoms with van der Waals surface area (Å²) in [6.45, 7) is 5.75. The van der Waals surface area contributed by atoms with Crippen molar-refractivity contribution < 1.29 is 5.11 Å². The van der Waals surface area contributed by atoms with E-state index < -0.39 is 5.60 Å². The summed E-state index contributed by atoms with van der Waals surface area (Å²) < 4.78 is 0. The second kappa shape index (κ2) is 3.23. The fourth-order valence-corrected chi connectivity index (χ4v) is 0.958. The second-order valence-electron chi connectivity index (χ2n) is 3.52. The van der Waals surface area contributed by atoms with Crippen LogP contribution in [-0.4, -0.2) is 10.1 Å². The van der Waals surface area contributed by atoms with Crippen LogP contribution in [-0.2, 0) is 5.60 Å². The predicted octanol–water partition coefficient (Wildman–Crippen LogP) is 1.95. The molecule has 0 aliphatic rings. The summed E-state index contributed by atoms with van der Waals surface area (Å²) in [7, 11) is 0. The molecule has 1 atom stereocenters. The van der Waals surface area contributed by atoms with Gasteiger partial charge in [-0.25, -0.2) is 0 Å². The fraction of sp³-hybridized carbons (Fsp3) is 0.500. The van der Waals surface area contributed by atoms with Crippen molar-refractivity contribution >= 4 is 0 Å². The highest BCUT2D eigenvalue weighted by molar-refractivity contribution is 5.12. The molecule has 0 spiro atoms. The minimum absolute atomic E-state index is 0.174. The van der Waals surface area contributed by atoms with E-state index in [0.717, 1.165) is 5.69 Å². The van der Waals surface area contributed by atoms with Gasteiger partial charge in [0.05, 0.1) is 5.69 Å². The number of pyridine rings is 1. The number of rotatable bonds is 2. The molecule has 0 aromatic carbocycles. The van der Waals surface area contributed by atoms with Gasteiger partial charge in [0.2, 0.25) is 0 Å². The summed E-state index contributed by atoms with van der Waals surface area (Å²) in [6.07, 6.45) is 1.70. The zero-order valence-electron chi connectivity index (χ0n) is 7.78. The third kappa shape index (κ3) is 1.64. The van der Waals surface area contributed by atoms with Crippen molar-refractivity contribution in [1.29, 1.82) is 0 Å². The molecule has 0 unspecified atom stereocenters. The van der Waals surface area contributed by atoms with Crippen LogP contribution >= 0.6 is 0 Å². The quantitative estimate of drug-likeness (QED) is 0.726. The van der Waals surface area contributed by atoms with Gasteiger partial charge in [-0.3, -0.25) is 4.98 Å². The lowest BCUT2D eigenvalue weighted by molar-refractivity contribution is 0.00488. The molecule has 1 rings (SSSR count). The summed E-state index contributed by atoms with van der Waals surface area (Å²) >= 11 is 0. The van der Waals surface area contributed by atoms with Crippen molar-refractivity contribution in [2.45, 2.75) is 26.4 Å². The summed E-state index contributed by atoms with van der Waals surface area (Å²) in [4.78, 5) is 4.12. The maximum atomic E-state index is 10.0. The average molecular weight is 165 g/mol. The highest BCUT2D eigenvalue weighted by atomic mass is 16.3. The first kappa shape index (κ1) is 9.20. The first-order chi connectivity index (χ1) is 5.55. The Morgan fingerprint density at radius 3 is 2.50 bits per heavy atom. The van der Waals surface area contributed by atoms with Gasteiger partial charge < -0.3 is 5.11 Å². The fourth-order valence-electron chi connectivity index (χ4n) is 0.958. The Hall–Kier alpha value is -0.890. The van der Waals surface area contributed by atoms with Crippen LogP contribution in [0.1, 0.15) is 26.5 Å². The van der Waals surface area contributed by atoms with Crippen LogP contribution in [0, 0.1) is 5.92 Å². The number of aromatic nitrogens is 1. The Bertz CT molecular complexity index is 241. The van der Waals surface area contributed by atoms with Crippen LogP contribution in [0.15, 0.2) is 24.4 Å². The van der Waals surface area contributed by atoms with E-state index in [-0.39, 0.29) is 5.92 Å². The predicted molar refractivity (Wildman–Crippen MR) is 48.6 cm³/mol. The lowest BCUT2D eigenvalue weighted by atomic mass is 9.89. The summed E-state index contributed by atoms with van der Waals surface area (Å²) in [5, 5.41) is 10.0. The Morgan fingerprint density at radius 1 is 1.42 bits per heavy atom. The van der Waals surface area contributed by atoms with Crippen LogP contribution in [0.4, 0.5) is 0 Å². The minimum atomic E-state index is -0.818. The first-order valence-electron chi connectivity index (χ1n) is 4.19. The van der Waals surface area contributed by atoms with E-state index in [0.29, 0.717) is 0 Å². The highest BCUT2D eigenvalue weighted by Gasteiger charge is 2.27. The van der Waals surface area contributed by atoms with Crippen LogP contribution in [0.2, 0.25) is 0 Å². The van der Waals surface area contributed by atoms with E-state index in [4.69, 9.17) is 0 Å². The Balaban J connectivity index is 2.98. The molecular weight excluding hydrogens is 150 g/mol. The largest absolute Gasteiger partial charge is 0.384 e. The molecule has 2 heteroatoms. The Kier molecular flexibility index (Phi) is 2.48. The van der Waals surface area contributed by atoms with Gasteiger partial charge in [-0.2, -0.15) is 0 Å². The van der Waals surface area contributed by atoms with Crippen molar-refractivity contribution in [2.24, 2.45) is 5.92 Å². The third-order valence-electron chi connectivity index (χ3n) is 2.31. The lowest BCUT2D eigenvalue weighted by Crippen LogP contribution is -2.28. The van der Waals surface area contributed by atoms with Crippen molar-refractivity contribution in [1.82, 2.24) is 4.98 Å². The van der Waals surface area contributed by atoms with Gasteiger partial charge in [0.15, 0.2) is 0 Å². The average Bonchev–Trinajstić information content (AvgIpc) is 2.06. The van der Waals surface area contributed by atoms with E-state index >= 15 is 0 Å². The zero-order valence-corrected chi connectivity index (χ0v) is 7.78. The number of nitrogens with zero attached hydrogens (tertiary/aromatic N) is 1. The van der Waals surface area contributed by atoms with Crippen LogP contribution < -0.4 is 0 Å². The van der Waals surface area contributed by atoms with E-state index in [1.54, 1.807) is 13.1 Å². The van der Waals surface area contributed by atoms with Gasteiger partial charge in [-0.15, -0.1) is 0 Å². The lowest BCUT2D eigenvalue weighted by Gasteiger charge is -2.26. The normalized spacial score (nSPS) is 16.1. The molecule has 1 heterocycles. The zero-order chi connectivity index (χ0) is 9.19. The van der Waals surface area contributed by atoms with Crippen molar-refractivity contribution in [3.63, 3.8) is 0 Å². The van der Waals surface area contributed by atoms with Gasteiger partial charge in [0.1, 0.15) is 5.60 Å². The monoisotopic (exact) mass is 165 g/mol. The summed E-state index contributed by atoms with van der Waals surface area (Å²) in [6, 6.07) is 5.58. The standard InChI is InChI=1S/C10H15NO/c1-8(2)10(3,12)9-6-4-5-7-11-9/h4-8,12H,1-3H3/t10-/m1/s1.